The molecular formula is C13H14Cl2N2O2. The van der Waals surface area contributed by atoms with E-state index >= 15 is 0 Å². The first-order chi connectivity index (χ1) is 8.95. The van der Waals surface area contributed by atoms with E-state index in [9.17, 15) is 9.59 Å². The highest BCUT2D eigenvalue weighted by molar-refractivity contribution is 6.42. The highest BCUT2D eigenvalue weighted by Crippen LogP contribution is 2.30. The summed E-state index contributed by atoms with van der Waals surface area (Å²) in [6, 6.07) is 3.87. The minimum Gasteiger partial charge on any atom is -0.343 e. The van der Waals surface area contributed by atoms with E-state index in [1.807, 2.05) is 6.92 Å². The van der Waals surface area contributed by atoms with E-state index in [-0.39, 0.29) is 11.8 Å². The van der Waals surface area contributed by atoms with Crippen LogP contribution in [0.2, 0.25) is 10.0 Å². The van der Waals surface area contributed by atoms with Gasteiger partial charge in [0.1, 0.15) is 12.1 Å². The van der Waals surface area contributed by atoms with Gasteiger partial charge in [0.2, 0.25) is 11.8 Å². The van der Waals surface area contributed by atoms with Crippen molar-refractivity contribution in [2.75, 3.05) is 4.90 Å². The maximum atomic E-state index is 12.3. The third-order valence-corrected chi connectivity index (χ3v) is 3.89. The Labute approximate surface area is 121 Å². The molecule has 0 spiro atoms. The molecule has 2 atom stereocenters. The fraction of sp³-hybridized carbons (Fsp3) is 0.385. The summed E-state index contributed by atoms with van der Waals surface area (Å²) in [6.07, 6.45) is 0.532. The summed E-state index contributed by atoms with van der Waals surface area (Å²) in [4.78, 5) is 25.7. The largest absolute Gasteiger partial charge is 0.343 e. The molecule has 1 aliphatic rings. The second kappa shape index (κ2) is 5.39. The van der Waals surface area contributed by atoms with Crippen LogP contribution in [0.5, 0.6) is 0 Å². The van der Waals surface area contributed by atoms with Gasteiger partial charge in [-0.15, -0.1) is 0 Å². The van der Waals surface area contributed by atoms with Crippen LogP contribution in [0.15, 0.2) is 18.2 Å². The second-order valence-electron chi connectivity index (χ2n) is 4.46. The molecule has 0 bridgehead atoms. The van der Waals surface area contributed by atoms with Crippen molar-refractivity contribution in [2.45, 2.75) is 32.4 Å². The number of hydrogen-bond acceptors (Lipinski definition) is 2. The zero-order valence-electron chi connectivity index (χ0n) is 10.6. The quantitative estimate of drug-likeness (QED) is 0.913. The first kappa shape index (κ1) is 14.2. The van der Waals surface area contributed by atoms with Crippen molar-refractivity contribution in [3.63, 3.8) is 0 Å². The Morgan fingerprint density at radius 1 is 1.26 bits per heavy atom. The summed E-state index contributed by atoms with van der Waals surface area (Å²) in [5.74, 6) is -0.300. The lowest BCUT2D eigenvalue weighted by atomic mass is 10.0. The monoisotopic (exact) mass is 300 g/mol. The van der Waals surface area contributed by atoms with E-state index < -0.39 is 12.1 Å². The van der Waals surface area contributed by atoms with Crippen LogP contribution in [0.25, 0.3) is 0 Å². The molecule has 0 saturated carbocycles. The lowest BCUT2D eigenvalue weighted by molar-refractivity contribution is -0.133. The van der Waals surface area contributed by atoms with Crippen LogP contribution < -0.4 is 10.2 Å². The van der Waals surface area contributed by atoms with Gasteiger partial charge in [-0.1, -0.05) is 30.1 Å². The molecular weight excluding hydrogens is 287 g/mol. The smallest absolute Gasteiger partial charge is 0.250 e. The van der Waals surface area contributed by atoms with E-state index in [2.05, 4.69) is 5.32 Å². The normalized spacial score (nSPS) is 23.5. The maximum Gasteiger partial charge on any atom is 0.250 e. The van der Waals surface area contributed by atoms with E-state index in [0.717, 1.165) is 0 Å². The predicted octanol–water partition coefficient (Wildman–Crippen LogP) is 2.62. The Kier molecular flexibility index (Phi) is 4.02. The molecule has 1 fully saturated rings. The highest BCUT2D eigenvalue weighted by atomic mass is 35.5. The number of hydrogen-bond donors (Lipinski definition) is 1. The number of rotatable bonds is 2. The minimum atomic E-state index is -0.537. The van der Waals surface area contributed by atoms with Crippen molar-refractivity contribution in [2.24, 2.45) is 0 Å². The number of halogens is 2. The fourth-order valence-electron chi connectivity index (χ4n) is 2.16. The minimum absolute atomic E-state index is 0.148. The third kappa shape index (κ3) is 2.55. The van der Waals surface area contributed by atoms with Crippen LogP contribution in [-0.4, -0.2) is 23.9 Å². The summed E-state index contributed by atoms with van der Waals surface area (Å²) < 4.78 is 0. The second-order valence-corrected chi connectivity index (χ2v) is 5.28. The predicted molar refractivity (Wildman–Crippen MR) is 75.6 cm³/mol. The summed E-state index contributed by atoms with van der Waals surface area (Å²) in [7, 11) is 0. The van der Waals surface area contributed by atoms with Gasteiger partial charge in [-0.05, 0) is 31.5 Å². The van der Waals surface area contributed by atoms with Gasteiger partial charge >= 0.3 is 0 Å². The van der Waals surface area contributed by atoms with Gasteiger partial charge in [-0.2, -0.15) is 0 Å². The number of benzene rings is 1. The highest BCUT2D eigenvalue weighted by Gasteiger charge is 2.38. The lowest BCUT2D eigenvalue weighted by Crippen LogP contribution is -2.62. The zero-order valence-corrected chi connectivity index (χ0v) is 12.1. The van der Waals surface area contributed by atoms with Crippen LogP contribution >= 0.6 is 23.2 Å². The standard InChI is InChI=1S/C13H14Cl2N2O2/c1-3-11-12(18)16-7(2)13(19)17(11)8-4-5-9(14)10(15)6-8/h4-7,11H,3H2,1-2H3,(H,16,18). The Bertz CT molecular complexity index is 533. The Morgan fingerprint density at radius 3 is 2.53 bits per heavy atom. The number of carbonyl (C=O) groups excluding carboxylic acids is 2. The van der Waals surface area contributed by atoms with Gasteiger partial charge < -0.3 is 5.32 Å². The number of anilines is 1. The van der Waals surface area contributed by atoms with Crippen molar-refractivity contribution < 1.29 is 9.59 Å². The molecule has 102 valence electrons. The molecule has 1 saturated heterocycles. The molecule has 19 heavy (non-hydrogen) atoms. The molecule has 1 aliphatic heterocycles. The summed E-state index contributed by atoms with van der Waals surface area (Å²) in [5.41, 5.74) is 0.591. The van der Waals surface area contributed by atoms with Gasteiger partial charge in [0.25, 0.3) is 0 Å². The van der Waals surface area contributed by atoms with E-state index in [4.69, 9.17) is 23.2 Å². The Hall–Kier alpha value is -1.26. The van der Waals surface area contributed by atoms with Crippen molar-refractivity contribution in [1.82, 2.24) is 5.32 Å². The van der Waals surface area contributed by atoms with E-state index in [0.29, 0.717) is 22.2 Å². The van der Waals surface area contributed by atoms with Crippen molar-refractivity contribution in [1.29, 1.82) is 0 Å². The molecule has 1 aromatic carbocycles. The summed E-state index contributed by atoms with van der Waals surface area (Å²) >= 11 is 11.8. The van der Waals surface area contributed by atoms with Crippen LogP contribution in [0.4, 0.5) is 5.69 Å². The van der Waals surface area contributed by atoms with E-state index in [1.165, 1.54) is 4.90 Å². The summed E-state index contributed by atoms with van der Waals surface area (Å²) in [5, 5.41) is 3.45. The Balaban J connectivity index is 2.45. The number of carbonyl (C=O) groups is 2. The summed E-state index contributed by atoms with van der Waals surface area (Å²) in [6.45, 7) is 3.52. The van der Waals surface area contributed by atoms with Crippen LogP contribution in [0.1, 0.15) is 20.3 Å². The topological polar surface area (TPSA) is 49.4 Å². The molecule has 6 heteroatoms. The van der Waals surface area contributed by atoms with Gasteiger partial charge in [-0.25, -0.2) is 0 Å². The molecule has 1 N–H and O–H groups in total. The number of nitrogens with zero attached hydrogens (tertiary/aromatic N) is 1. The van der Waals surface area contributed by atoms with Crippen LogP contribution in [0.3, 0.4) is 0 Å². The van der Waals surface area contributed by atoms with Crippen molar-refractivity contribution in [3.8, 4) is 0 Å². The van der Waals surface area contributed by atoms with Crippen molar-refractivity contribution in [3.05, 3.63) is 28.2 Å². The average Bonchev–Trinajstić information content (AvgIpc) is 2.37. The SMILES string of the molecule is CCC1C(=O)NC(C)C(=O)N1c1ccc(Cl)c(Cl)c1. The molecule has 2 unspecified atom stereocenters. The van der Waals surface area contributed by atoms with Gasteiger partial charge in [0, 0.05) is 5.69 Å². The Morgan fingerprint density at radius 2 is 1.95 bits per heavy atom. The number of amides is 2. The molecule has 1 aromatic rings. The van der Waals surface area contributed by atoms with Crippen LogP contribution in [-0.2, 0) is 9.59 Å². The zero-order chi connectivity index (χ0) is 14.2. The van der Waals surface area contributed by atoms with Crippen LogP contribution in [0, 0.1) is 0 Å². The molecule has 1 heterocycles. The molecule has 2 rings (SSSR count). The lowest BCUT2D eigenvalue weighted by Gasteiger charge is -2.37. The van der Waals surface area contributed by atoms with Gasteiger partial charge in [0.05, 0.1) is 10.0 Å². The fourth-order valence-corrected chi connectivity index (χ4v) is 2.45. The number of piperazine rings is 1. The molecule has 2 amide bonds. The average molecular weight is 301 g/mol. The van der Waals surface area contributed by atoms with E-state index in [1.54, 1.807) is 25.1 Å². The first-order valence-corrected chi connectivity index (χ1v) is 6.79. The molecule has 4 nitrogen and oxygen atoms in total. The van der Waals surface area contributed by atoms with Gasteiger partial charge in [0.15, 0.2) is 0 Å². The number of nitrogens with one attached hydrogen (secondary N) is 1. The molecule has 0 aromatic heterocycles. The third-order valence-electron chi connectivity index (χ3n) is 3.15. The molecule has 0 radical (unpaired) electrons. The first-order valence-electron chi connectivity index (χ1n) is 6.04. The van der Waals surface area contributed by atoms with Crippen molar-refractivity contribution >= 4 is 40.7 Å². The molecule has 0 aliphatic carbocycles. The maximum absolute atomic E-state index is 12.3. The van der Waals surface area contributed by atoms with Gasteiger partial charge in [-0.3, -0.25) is 14.5 Å².